The Balaban J connectivity index is 0.00000121. The molecule has 0 saturated heterocycles. The molecule has 0 aromatic heterocycles. The van der Waals surface area contributed by atoms with Crippen molar-refractivity contribution in [3.63, 3.8) is 0 Å². The quantitative estimate of drug-likeness (QED) is 0.466. The van der Waals surface area contributed by atoms with Gasteiger partial charge < -0.3 is 0 Å². The van der Waals surface area contributed by atoms with Gasteiger partial charge in [-0.3, -0.25) is 0 Å². The molecule has 5 heteroatoms. The number of benzene rings is 3. The van der Waals surface area contributed by atoms with Crippen LogP contribution >= 0.6 is 37.2 Å². The molecule has 0 aliphatic heterocycles. The van der Waals surface area contributed by atoms with E-state index in [0.29, 0.717) is 0 Å². The number of rotatable bonds is 3. The van der Waals surface area contributed by atoms with Crippen LogP contribution in [-0.4, -0.2) is 8.07 Å². The molecule has 3 aromatic rings. The minimum Gasteiger partial charge on any atom is -0.147 e. The van der Waals surface area contributed by atoms with Gasteiger partial charge in [-0.2, -0.15) is 0 Å². The van der Waals surface area contributed by atoms with Crippen LogP contribution in [0.1, 0.15) is 11.1 Å². The molecule has 3 aromatic carbocycles. The van der Waals surface area contributed by atoms with Gasteiger partial charge in [0.25, 0.3) is 0 Å². The molecule has 0 heterocycles. The Hall–Kier alpha value is -0.799. The van der Waals surface area contributed by atoms with Gasteiger partial charge in [-0.25, -0.2) is 0 Å². The largest absolute Gasteiger partial charge is 0.147 e. The van der Waals surface area contributed by atoms with E-state index in [0.717, 1.165) is 0 Å². The summed E-state index contributed by atoms with van der Waals surface area (Å²) >= 11 is 2.43. The molecule has 0 saturated carbocycles. The summed E-state index contributed by atoms with van der Waals surface area (Å²) in [6, 6.07) is 31.1. The van der Waals surface area contributed by atoms with Crippen molar-refractivity contribution >= 4 is 61.7 Å². The van der Waals surface area contributed by atoms with Gasteiger partial charge in [0.05, 0.1) is 0 Å². The van der Waals surface area contributed by atoms with Crippen LogP contribution in [0.4, 0.5) is 0 Å². The normalized spacial score (nSPS) is 17.0. The van der Waals surface area contributed by atoms with E-state index in [-0.39, 0.29) is 40.6 Å². The van der Waals surface area contributed by atoms with Crippen LogP contribution in [0.15, 0.2) is 91.0 Å². The van der Waals surface area contributed by atoms with Crippen molar-refractivity contribution in [1.82, 2.24) is 0 Å². The van der Waals surface area contributed by atoms with E-state index in [9.17, 15) is 0 Å². The van der Waals surface area contributed by atoms with Crippen molar-refractivity contribution < 1.29 is 20.4 Å². The smallest absolute Gasteiger partial charge is 0.147 e. The van der Waals surface area contributed by atoms with E-state index < -0.39 is 8.07 Å². The Morgan fingerprint density at radius 3 is 1.63 bits per heavy atom. The van der Waals surface area contributed by atoms with Crippen LogP contribution in [0.2, 0.25) is 6.55 Å². The van der Waals surface area contributed by atoms with Crippen molar-refractivity contribution in [2.75, 3.05) is 0 Å². The van der Waals surface area contributed by atoms with E-state index in [2.05, 4.69) is 124 Å². The molecular weight excluding hydrogens is 447 g/mol. The predicted octanol–water partition coefficient (Wildman–Crippen LogP) is 5.15. The van der Waals surface area contributed by atoms with Gasteiger partial charge in [0, 0.05) is 0 Å². The third kappa shape index (κ3) is 3.87. The summed E-state index contributed by atoms with van der Waals surface area (Å²) in [5, 5.41) is 2.97. The van der Waals surface area contributed by atoms with Gasteiger partial charge in [0.1, 0.15) is 0 Å². The monoisotopic (exact) mass is 467 g/mol. The first-order chi connectivity index (χ1) is 11.7. The summed E-state index contributed by atoms with van der Waals surface area (Å²) < 4.78 is 0.0479. The fourth-order valence-electron chi connectivity index (χ4n) is 3.91. The van der Waals surface area contributed by atoms with Crippen molar-refractivity contribution in [2.45, 2.75) is 9.89 Å². The van der Waals surface area contributed by atoms with E-state index in [1.807, 2.05) is 0 Å². The van der Waals surface area contributed by atoms with Gasteiger partial charge in [0.15, 0.2) is 0 Å². The summed E-state index contributed by atoms with van der Waals surface area (Å²) in [5.74, 6) is 0. The Labute approximate surface area is 193 Å². The Morgan fingerprint density at radius 2 is 1.11 bits per heavy atom. The number of allylic oxidation sites excluding steroid dienone is 1. The van der Waals surface area contributed by atoms with E-state index >= 15 is 0 Å². The zero-order chi connectivity index (χ0) is 16.6. The molecule has 4 rings (SSSR count). The number of hydrogen-bond acceptors (Lipinski definition) is 0. The first-order valence-electron chi connectivity index (χ1n) is 8.31. The van der Waals surface area contributed by atoms with Gasteiger partial charge in [-0.15, -0.1) is 37.2 Å². The summed E-state index contributed by atoms with van der Waals surface area (Å²) in [5.41, 5.74) is 2.83. The van der Waals surface area contributed by atoms with Crippen LogP contribution in [0.3, 0.4) is 0 Å². The SMILES string of the molecule is C[Si](c1ccccc1)(c1ccccc1)[C]1([Ti])C=Cc2ccccc21.Cl.Cl.Cl. The molecule has 1 aliphatic rings. The summed E-state index contributed by atoms with van der Waals surface area (Å²) in [4.78, 5) is 0. The fourth-order valence-corrected chi connectivity index (χ4v) is 9.89. The number of halogens is 3. The second-order valence-corrected chi connectivity index (χ2v) is 12.8. The molecule has 0 spiro atoms. The average molecular weight is 469 g/mol. The van der Waals surface area contributed by atoms with Gasteiger partial charge in [0.2, 0.25) is 0 Å². The molecule has 1 aliphatic carbocycles. The van der Waals surface area contributed by atoms with Crippen molar-refractivity contribution in [3.05, 3.63) is 102 Å². The fraction of sp³-hybridized carbons (Fsp3) is 0.0909. The molecule has 0 N–H and O–H groups in total. The molecular formula is C22H22Cl3SiTi. The van der Waals surface area contributed by atoms with Crippen LogP contribution in [-0.2, 0) is 23.8 Å². The maximum atomic E-state index is 2.52. The van der Waals surface area contributed by atoms with Crippen molar-refractivity contribution in [3.8, 4) is 0 Å². The molecule has 1 atom stereocenters. The van der Waals surface area contributed by atoms with Gasteiger partial charge in [-0.05, 0) is 0 Å². The summed E-state index contributed by atoms with van der Waals surface area (Å²) in [6.45, 7) is 2.52. The molecule has 0 amide bonds. The Morgan fingerprint density at radius 1 is 0.667 bits per heavy atom. The minimum absolute atomic E-state index is 0. The standard InChI is InChI=1S/C22H19Si.3ClH.Ti/c1-23(19-11-4-2-5-12-19,20-13-6-3-7-14-20)22-17-16-18-10-8-9-15-21(18)22;;;;/h2-17H,1H3;3*1H;. The molecule has 0 nitrogen and oxygen atoms in total. The first-order valence-corrected chi connectivity index (χ1v) is 11.6. The Kier molecular flexibility index (Phi) is 8.62. The van der Waals surface area contributed by atoms with Crippen LogP contribution < -0.4 is 10.4 Å². The second-order valence-electron chi connectivity index (χ2n) is 6.59. The summed E-state index contributed by atoms with van der Waals surface area (Å²) in [6.07, 6.45) is 4.76. The zero-order valence-electron chi connectivity index (χ0n) is 15.0. The molecule has 139 valence electrons. The van der Waals surface area contributed by atoms with E-state index in [4.69, 9.17) is 0 Å². The summed E-state index contributed by atoms with van der Waals surface area (Å²) in [7, 11) is -2.03. The topological polar surface area (TPSA) is 0 Å². The van der Waals surface area contributed by atoms with Crippen LogP contribution in [0, 0.1) is 0 Å². The average Bonchev–Trinajstić information content (AvgIpc) is 3.01. The van der Waals surface area contributed by atoms with Gasteiger partial charge >= 0.3 is 157 Å². The zero-order valence-corrected chi connectivity index (χ0v) is 20.0. The van der Waals surface area contributed by atoms with Crippen LogP contribution in [0.5, 0.6) is 0 Å². The molecule has 0 fully saturated rings. The minimum atomic E-state index is -2.03. The number of fused-ring (bicyclic) bond motifs is 1. The second kappa shape index (κ2) is 9.60. The van der Waals surface area contributed by atoms with Crippen molar-refractivity contribution in [1.29, 1.82) is 0 Å². The maximum absolute atomic E-state index is 2.52. The molecule has 27 heavy (non-hydrogen) atoms. The Bertz CT molecular complexity index is 860. The van der Waals surface area contributed by atoms with Gasteiger partial charge in [-0.1, -0.05) is 0 Å². The predicted molar refractivity (Wildman–Crippen MR) is 123 cm³/mol. The number of hydrogen-bond donors (Lipinski definition) is 0. The van der Waals surface area contributed by atoms with E-state index in [1.165, 1.54) is 21.5 Å². The molecule has 0 radical (unpaired) electrons. The first kappa shape index (κ1) is 24.2. The van der Waals surface area contributed by atoms with E-state index in [1.54, 1.807) is 0 Å². The third-order valence-corrected chi connectivity index (χ3v) is 13.4. The molecule has 1 unspecified atom stereocenters. The maximum Gasteiger partial charge on any atom is -0.147 e. The molecule has 0 bridgehead atoms. The third-order valence-electron chi connectivity index (χ3n) is 5.39. The van der Waals surface area contributed by atoms with Crippen LogP contribution in [0.25, 0.3) is 6.08 Å². The van der Waals surface area contributed by atoms with Crippen molar-refractivity contribution in [2.24, 2.45) is 0 Å².